The highest BCUT2D eigenvalue weighted by molar-refractivity contribution is 6.27. The third-order valence-corrected chi connectivity index (χ3v) is 12.5. The van der Waals surface area contributed by atoms with Crippen LogP contribution in [0.2, 0.25) is 0 Å². The molecule has 0 amide bonds. The molecule has 0 N–H and O–H groups in total. The van der Waals surface area contributed by atoms with Gasteiger partial charge in [-0.05, 0) is 62.9 Å². The summed E-state index contributed by atoms with van der Waals surface area (Å²) < 4.78 is 9.31. The molecule has 0 saturated heterocycles. The summed E-state index contributed by atoms with van der Waals surface area (Å²) in [7, 11) is 0. The monoisotopic (exact) mass is 778 g/mol. The van der Waals surface area contributed by atoms with E-state index in [1.807, 2.05) is 72.8 Å². The first-order valence-electron chi connectivity index (χ1n) is 20.7. The summed E-state index contributed by atoms with van der Waals surface area (Å²) >= 11 is 0. The SMILES string of the molecule is c1ccc(-c2nc(-c3ccccc3)nc(-c3cccc4oc5cc(-n6c7ccccc7c7c8ccccc8c8c(c76)C(c6ccccc6)c6ccccc6-8)ccc5c34)n2)cc1. The van der Waals surface area contributed by atoms with Crippen LogP contribution >= 0.6 is 0 Å². The first kappa shape index (κ1) is 33.8. The van der Waals surface area contributed by atoms with Gasteiger partial charge in [-0.15, -0.1) is 0 Å². The lowest BCUT2D eigenvalue weighted by atomic mass is 9.86. The van der Waals surface area contributed by atoms with Crippen LogP contribution in [-0.4, -0.2) is 19.5 Å². The Balaban J connectivity index is 1.08. The molecular formula is C56H34N4O. The third kappa shape index (κ3) is 5.04. The average molecular weight is 779 g/mol. The lowest BCUT2D eigenvalue weighted by Crippen LogP contribution is -2.03. The van der Waals surface area contributed by atoms with Crippen molar-refractivity contribution in [2.75, 3.05) is 0 Å². The van der Waals surface area contributed by atoms with Crippen LogP contribution in [0.1, 0.15) is 22.6 Å². The summed E-state index contributed by atoms with van der Waals surface area (Å²) in [6, 6.07) is 70.8. The maximum Gasteiger partial charge on any atom is 0.164 e. The number of furan rings is 1. The molecule has 12 aromatic rings. The molecule has 13 rings (SSSR count). The van der Waals surface area contributed by atoms with Crippen LogP contribution in [0, 0.1) is 0 Å². The molecule has 3 aromatic heterocycles. The van der Waals surface area contributed by atoms with Gasteiger partial charge in [-0.1, -0.05) is 170 Å². The molecule has 1 aliphatic carbocycles. The van der Waals surface area contributed by atoms with E-state index in [4.69, 9.17) is 19.4 Å². The third-order valence-electron chi connectivity index (χ3n) is 12.5. The van der Waals surface area contributed by atoms with Gasteiger partial charge >= 0.3 is 0 Å². The Morgan fingerprint density at radius 3 is 1.79 bits per heavy atom. The van der Waals surface area contributed by atoms with Crippen LogP contribution in [0.15, 0.2) is 205 Å². The molecule has 9 aromatic carbocycles. The minimum Gasteiger partial charge on any atom is -0.456 e. The van der Waals surface area contributed by atoms with Crippen LogP contribution in [0.4, 0.5) is 0 Å². The number of rotatable bonds is 5. The molecule has 3 heterocycles. The van der Waals surface area contributed by atoms with Gasteiger partial charge in [0.15, 0.2) is 17.5 Å². The summed E-state index contributed by atoms with van der Waals surface area (Å²) in [6.07, 6.45) is 0. The van der Waals surface area contributed by atoms with Crippen LogP contribution < -0.4 is 0 Å². The second-order valence-corrected chi connectivity index (χ2v) is 15.8. The van der Waals surface area contributed by atoms with Gasteiger partial charge in [0, 0.05) is 55.9 Å². The summed E-state index contributed by atoms with van der Waals surface area (Å²) in [5, 5.41) is 7.01. The zero-order valence-corrected chi connectivity index (χ0v) is 32.8. The van der Waals surface area contributed by atoms with Crippen molar-refractivity contribution in [3.8, 4) is 51.0 Å². The highest BCUT2D eigenvalue weighted by atomic mass is 16.3. The highest BCUT2D eigenvalue weighted by Gasteiger charge is 2.36. The summed E-state index contributed by atoms with van der Waals surface area (Å²) in [6.45, 7) is 0. The molecule has 0 bridgehead atoms. The van der Waals surface area contributed by atoms with Crippen molar-refractivity contribution < 1.29 is 4.42 Å². The minimum absolute atomic E-state index is 0.0574. The van der Waals surface area contributed by atoms with Crippen molar-refractivity contribution in [2.24, 2.45) is 0 Å². The molecule has 0 radical (unpaired) electrons. The second-order valence-electron chi connectivity index (χ2n) is 15.8. The summed E-state index contributed by atoms with van der Waals surface area (Å²) in [4.78, 5) is 15.2. The van der Waals surface area contributed by atoms with E-state index in [1.54, 1.807) is 0 Å². The Morgan fingerprint density at radius 2 is 1.03 bits per heavy atom. The van der Waals surface area contributed by atoms with E-state index in [0.29, 0.717) is 17.5 Å². The van der Waals surface area contributed by atoms with Crippen molar-refractivity contribution in [1.82, 2.24) is 19.5 Å². The first-order valence-corrected chi connectivity index (χ1v) is 20.7. The predicted molar refractivity (Wildman–Crippen MR) is 248 cm³/mol. The number of para-hydroxylation sites is 1. The Kier molecular flexibility index (Phi) is 7.30. The van der Waals surface area contributed by atoms with Crippen molar-refractivity contribution in [1.29, 1.82) is 0 Å². The summed E-state index contributed by atoms with van der Waals surface area (Å²) in [5.74, 6) is 1.90. The zero-order chi connectivity index (χ0) is 40.0. The topological polar surface area (TPSA) is 56.7 Å². The average Bonchev–Trinajstić information content (AvgIpc) is 4.00. The minimum atomic E-state index is 0.0574. The number of fused-ring (bicyclic) bond motifs is 13. The van der Waals surface area contributed by atoms with Crippen molar-refractivity contribution >= 4 is 54.5 Å². The predicted octanol–water partition coefficient (Wildman–Crippen LogP) is 14.2. The number of hydrogen-bond acceptors (Lipinski definition) is 4. The number of hydrogen-bond donors (Lipinski definition) is 0. The smallest absolute Gasteiger partial charge is 0.164 e. The molecule has 0 spiro atoms. The van der Waals surface area contributed by atoms with Gasteiger partial charge in [-0.25, -0.2) is 15.0 Å². The Labute approximate surface area is 350 Å². The van der Waals surface area contributed by atoms with E-state index >= 15 is 0 Å². The molecule has 0 saturated carbocycles. The Bertz CT molecular complexity index is 3640. The molecule has 61 heavy (non-hydrogen) atoms. The van der Waals surface area contributed by atoms with Gasteiger partial charge in [0.05, 0.1) is 11.0 Å². The van der Waals surface area contributed by atoms with Crippen LogP contribution in [0.3, 0.4) is 0 Å². The van der Waals surface area contributed by atoms with Crippen LogP contribution in [0.25, 0.3) is 105 Å². The molecule has 0 aliphatic heterocycles. The van der Waals surface area contributed by atoms with Gasteiger partial charge in [-0.3, -0.25) is 0 Å². The maximum atomic E-state index is 6.83. The van der Waals surface area contributed by atoms with Crippen molar-refractivity contribution in [2.45, 2.75) is 5.92 Å². The van der Waals surface area contributed by atoms with Gasteiger partial charge in [0.1, 0.15) is 11.2 Å². The molecule has 1 unspecified atom stereocenters. The standard InChI is InChI=1S/C56H34N4O/c1-4-17-34(18-5-1)48-38-23-10-11-24-39(38)50-40-25-12-13-26-41(40)51-42-27-14-15-29-45(42)60(53(51)52(48)50)37-31-32-43-47(33-37)61-46-30-16-28-44(49(43)46)56-58-54(35-19-6-2-7-20-35)57-55(59-56)36-21-8-3-9-22-36/h1-33,48H. The zero-order valence-electron chi connectivity index (χ0n) is 32.8. The fourth-order valence-electron chi connectivity index (χ4n) is 9.98. The van der Waals surface area contributed by atoms with E-state index in [2.05, 4.69) is 132 Å². The van der Waals surface area contributed by atoms with E-state index in [1.165, 1.54) is 54.9 Å². The highest BCUT2D eigenvalue weighted by Crippen LogP contribution is 2.56. The van der Waals surface area contributed by atoms with Gasteiger partial charge in [0.2, 0.25) is 0 Å². The molecular weight excluding hydrogens is 745 g/mol. The lowest BCUT2D eigenvalue weighted by Gasteiger charge is -2.19. The summed E-state index contributed by atoms with van der Waals surface area (Å²) in [5.41, 5.74) is 14.3. The quantitative estimate of drug-likeness (QED) is 0.175. The molecule has 284 valence electrons. The fraction of sp³-hybridized carbons (Fsp3) is 0.0179. The maximum absolute atomic E-state index is 6.83. The van der Waals surface area contributed by atoms with Gasteiger partial charge in [0.25, 0.3) is 0 Å². The lowest BCUT2D eigenvalue weighted by molar-refractivity contribution is 0.668. The number of nitrogens with zero attached hydrogens (tertiary/aromatic N) is 4. The van der Waals surface area contributed by atoms with E-state index < -0.39 is 0 Å². The number of aromatic nitrogens is 4. The molecule has 5 nitrogen and oxygen atoms in total. The number of benzene rings is 9. The normalized spacial score (nSPS) is 13.4. The van der Waals surface area contributed by atoms with Crippen LogP contribution in [-0.2, 0) is 0 Å². The molecule has 0 fully saturated rings. The van der Waals surface area contributed by atoms with Crippen LogP contribution in [0.5, 0.6) is 0 Å². The van der Waals surface area contributed by atoms with E-state index in [0.717, 1.165) is 49.8 Å². The van der Waals surface area contributed by atoms with E-state index in [-0.39, 0.29) is 5.92 Å². The molecule has 1 atom stereocenters. The Morgan fingerprint density at radius 1 is 0.426 bits per heavy atom. The van der Waals surface area contributed by atoms with Crippen molar-refractivity contribution in [3.63, 3.8) is 0 Å². The fourth-order valence-corrected chi connectivity index (χ4v) is 9.98. The van der Waals surface area contributed by atoms with Crippen molar-refractivity contribution in [3.05, 3.63) is 217 Å². The Hall–Kier alpha value is -8.15. The molecule has 5 heteroatoms. The molecule has 1 aliphatic rings. The van der Waals surface area contributed by atoms with Gasteiger partial charge in [-0.2, -0.15) is 0 Å². The first-order chi connectivity index (χ1) is 30.3. The largest absolute Gasteiger partial charge is 0.456 e. The van der Waals surface area contributed by atoms with E-state index in [9.17, 15) is 0 Å². The second kappa shape index (κ2) is 13.2. The van der Waals surface area contributed by atoms with Gasteiger partial charge < -0.3 is 8.98 Å².